The van der Waals surface area contributed by atoms with Crippen LogP contribution in [-0.2, 0) is 21.2 Å². The van der Waals surface area contributed by atoms with E-state index in [0.29, 0.717) is 23.8 Å². The van der Waals surface area contributed by atoms with E-state index in [-0.39, 0.29) is 23.3 Å². The highest BCUT2D eigenvalue weighted by Crippen LogP contribution is 2.23. The Morgan fingerprint density at radius 2 is 1.77 bits per heavy atom. The molecule has 0 fully saturated rings. The number of carbonyl (C=O) groups excluding carboxylic acids is 1. The zero-order valence-electron chi connectivity index (χ0n) is 18.1. The summed E-state index contributed by atoms with van der Waals surface area (Å²) in [5, 5.41) is 2.76. The first kappa shape index (κ1) is 22.7. The number of carbonyl (C=O) groups is 1. The summed E-state index contributed by atoms with van der Waals surface area (Å²) in [7, 11) is -3.56. The van der Waals surface area contributed by atoms with Crippen LogP contribution in [0.25, 0.3) is 11.3 Å². The largest absolute Gasteiger partial charge is 0.441 e. The highest BCUT2D eigenvalue weighted by molar-refractivity contribution is 7.89. The Morgan fingerprint density at radius 1 is 1.06 bits per heavy atom. The molecule has 0 atom stereocenters. The molecule has 0 aliphatic heterocycles. The molecule has 7 nitrogen and oxygen atoms in total. The van der Waals surface area contributed by atoms with E-state index in [1.807, 2.05) is 25.1 Å². The molecule has 0 saturated heterocycles. The van der Waals surface area contributed by atoms with Gasteiger partial charge in [0.05, 0.1) is 11.1 Å². The summed E-state index contributed by atoms with van der Waals surface area (Å²) in [5.74, 6) is 0.955. The van der Waals surface area contributed by atoms with Gasteiger partial charge in [0, 0.05) is 30.1 Å². The highest BCUT2D eigenvalue weighted by Gasteiger charge is 2.15. The minimum atomic E-state index is -3.56. The van der Waals surface area contributed by atoms with E-state index >= 15 is 0 Å². The van der Waals surface area contributed by atoms with Crippen LogP contribution in [0.4, 0.5) is 5.69 Å². The molecule has 8 heteroatoms. The standard InChI is InChI=1S/C23H27N3O4S/c1-15(2)26-31(28,29)20-9-7-19(8-10-20)25-22(27)11-12-23-24-14-21(30-23)18-6-5-16(3)17(4)13-18/h5-10,13-15,26H,11-12H2,1-4H3,(H,25,27). The van der Waals surface area contributed by atoms with Gasteiger partial charge in [-0.25, -0.2) is 18.1 Å². The van der Waals surface area contributed by atoms with Crippen LogP contribution in [0.2, 0.25) is 0 Å². The van der Waals surface area contributed by atoms with Crippen molar-refractivity contribution >= 4 is 21.6 Å². The van der Waals surface area contributed by atoms with Gasteiger partial charge in [-0.3, -0.25) is 4.79 Å². The number of anilines is 1. The first-order valence-corrected chi connectivity index (χ1v) is 11.6. The van der Waals surface area contributed by atoms with Crippen molar-refractivity contribution < 1.29 is 17.6 Å². The van der Waals surface area contributed by atoms with Crippen molar-refractivity contribution in [3.05, 3.63) is 65.7 Å². The molecular formula is C23H27N3O4S. The van der Waals surface area contributed by atoms with Crippen LogP contribution >= 0.6 is 0 Å². The van der Waals surface area contributed by atoms with Crippen molar-refractivity contribution in [3.63, 3.8) is 0 Å². The van der Waals surface area contributed by atoms with E-state index in [9.17, 15) is 13.2 Å². The van der Waals surface area contributed by atoms with Crippen LogP contribution in [0.1, 0.15) is 37.3 Å². The Bertz CT molecular complexity index is 1170. The second-order valence-electron chi connectivity index (χ2n) is 7.77. The van der Waals surface area contributed by atoms with Gasteiger partial charge in [0.15, 0.2) is 11.7 Å². The number of amides is 1. The average Bonchev–Trinajstić information content (AvgIpc) is 3.17. The molecule has 0 radical (unpaired) electrons. The maximum absolute atomic E-state index is 12.3. The molecule has 1 aromatic heterocycles. The van der Waals surface area contributed by atoms with Gasteiger partial charge in [0.2, 0.25) is 15.9 Å². The first-order chi connectivity index (χ1) is 14.6. The Kier molecular flexibility index (Phi) is 6.92. The molecular weight excluding hydrogens is 414 g/mol. The summed E-state index contributed by atoms with van der Waals surface area (Å²) in [6, 6.07) is 11.9. The second kappa shape index (κ2) is 9.45. The molecule has 2 N–H and O–H groups in total. The lowest BCUT2D eigenvalue weighted by Crippen LogP contribution is -2.30. The summed E-state index contributed by atoms with van der Waals surface area (Å²) in [4.78, 5) is 16.7. The number of oxazole rings is 1. The molecule has 3 aromatic rings. The molecule has 0 aliphatic carbocycles. The van der Waals surface area contributed by atoms with Crippen molar-refractivity contribution in [2.24, 2.45) is 0 Å². The zero-order valence-corrected chi connectivity index (χ0v) is 18.9. The fraction of sp³-hybridized carbons (Fsp3) is 0.304. The van der Waals surface area contributed by atoms with Gasteiger partial charge in [-0.05, 0) is 69.2 Å². The summed E-state index contributed by atoms with van der Waals surface area (Å²) < 4.78 is 32.6. The summed E-state index contributed by atoms with van der Waals surface area (Å²) >= 11 is 0. The second-order valence-corrected chi connectivity index (χ2v) is 9.48. The normalized spacial score (nSPS) is 11.6. The summed E-state index contributed by atoms with van der Waals surface area (Å²) in [6.07, 6.45) is 2.23. The van der Waals surface area contributed by atoms with E-state index in [4.69, 9.17) is 4.42 Å². The van der Waals surface area contributed by atoms with Crippen LogP contribution in [0.3, 0.4) is 0 Å². The molecule has 2 aromatic carbocycles. The Hall–Kier alpha value is -2.97. The fourth-order valence-corrected chi connectivity index (χ4v) is 4.24. The van der Waals surface area contributed by atoms with Crippen LogP contribution < -0.4 is 10.0 Å². The number of nitrogens with one attached hydrogen (secondary N) is 2. The topological polar surface area (TPSA) is 101 Å². The van der Waals surface area contributed by atoms with Crippen molar-refractivity contribution in [3.8, 4) is 11.3 Å². The molecule has 0 spiro atoms. The monoisotopic (exact) mass is 441 g/mol. The number of rotatable bonds is 8. The van der Waals surface area contributed by atoms with Gasteiger partial charge >= 0.3 is 0 Å². The van der Waals surface area contributed by atoms with Crippen molar-refractivity contribution in [2.75, 3.05) is 5.32 Å². The maximum Gasteiger partial charge on any atom is 0.240 e. The van der Waals surface area contributed by atoms with Gasteiger partial charge in [-0.2, -0.15) is 0 Å². The summed E-state index contributed by atoms with van der Waals surface area (Å²) in [5.41, 5.74) is 3.86. The third-order valence-electron chi connectivity index (χ3n) is 4.75. The number of sulfonamides is 1. The molecule has 0 saturated carbocycles. The zero-order chi connectivity index (χ0) is 22.6. The van der Waals surface area contributed by atoms with Crippen LogP contribution in [-0.4, -0.2) is 25.4 Å². The molecule has 0 unspecified atom stereocenters. The Labute approximate surface area is 183 Å². The molecule has 3 rings (SSSR count). The predicted molar refractivity (Wildman–Crippen MR) is 120 cm³/mol. The quantitative estimate of drug-likeness (QED) is 0.545. The number of nitrogens with zero attached hydrogens (tertiary/aromatic N) is 1. The lowest BCUT2D eigenvalue weighted by molar-refractivity contribution is -0.116. The smallest absolute Gasteiger partial charge is 0.240 e. The third-order valence-corrected chi connectivity index (χ3v) is 6.42. The van der Waals surface area contributed by atoms with Crippen LogP contribution in [0.15, 0.2) is 58.0 Å². The minimum absolute atomic E-state index is 0.151. The molecule has 0 bridgehead atoms. The number of hydrogen-bond donors (Lipinski definition) is 2. The molecule has 0 aliphatic rings. The van der Waals surface area contributed by atoms with Gasteiger partial charge < -0.3 is 9.73 Å². The van der Waals surface area contributed by atoms with Crippen molar-refractivity contribution in [2.45, 2.75) is 51.5 Å². The lowest BCUT2D eigenvalue weighted by Gasteiger charge is -2.10. The third kappa shape index (κ3) is 6.02. The molecule has 31 heavy (non-hydrogen) atoms. The molecule has 1 amide bonds. The van der Waals surface area contributed by atoms with E-state index < -0.39 is 10.0 Å². The Balaban J connectivity index is 1.56. The van der Waals surface area contributed by atoms with E-state index in [1.54, 1.807) is 32.2 Å². The van der Waals surface area contributed by atoms with Gasteiger partial charge in [0.1, 0.15) is 0 Å². The van der Waals surface area contributed by atoms with Gasteiger partial charge in [0.25, 0.3) is 0 Å². The predicted octanol–water partition coefficient (Wildman–Crippen LogP) is 4.22. The maximum atomic E-state index is 12.3. The van der Waals surface area contributed by atoms with E-state index in [0.717, 1.165) is 5.56 Å². The van der Waals surface area contributed by atoms with E-state index in [1.165, 1.54) is 23.3 Å². The highest BCUT2D eigenvalue weighted by atomic mass is 32.2. The SMILES string of the molecule is Cc1ccc(-c2cnc(CCC(=O)Nc3ccc(S(=O)(=O)NC(C)C)cc3)o2)cc1C. The molecule has 164 valence electrons. The average molecular weight is 442 g/mol. The number of aromatic nitrogens is 1. The van der Waals surface area contributed by atoms with Crippen LogP contribution in [0.5, 0.6) is 0 Å². The lowest BCUT2D eigenvalue weighted by atomic mass is 10.1. The number of hydrogen-bond acceptors (Lipinski definition) is 5. The first-order valence-electron chi connectivity index (χ1n) is 10.1. The minimum Gasteiger partial charge on any atom is -0.441 e. The summed E-state index contributed by atoms with van der Waals surface area (Å²) in [6.45, 7) is 7.61. The van der Waals surface area contributed by atoms with E-state index in [2.05, 4.69) is 21.9 Å². The number of aryl methyl sites for hydroxylation is 3. The van der Waals surface area contributed by atoms with Crippen molar-refractivity contribution in [1.29, 1.82) is 0 Å². The fourth-order valence-electron chi connectivity index (χ4n) is 2.99. The van der Waals surface area contributed by atoms with Gasteiger partial charge in [-0.15, -0.1) is 0 Å². The van der Waals surface area contributed by atoms with Gasteiger partial charge in [-0.1, -0.05) is 12.1 Å². The van der Waals surface area contributed by atoms with Crippen molar-refractivity contribution in [1.82, 2.24) is 9.71 Å². The number of benzene rings is 2. The molecule has 1 heterocycles. The van der Waals surface area contributed by atoms with Crippen LogP contribution in [0, 0.1) is 13.8 Å². The Morgan fingerprint density at radius 3 is 2.42 bits per heavy atom.